The molecule has 2 amide bonds. The summed E-state index contributed by atoms with van der Waals surface area (Å²) < 4.78 is 4.82. The van der Waals surface area contributed by atoms with E-state index < -0.39 is 0 Å². The smallest absolute Gasteiger partial charge is 0.233 e. The normalized spacial score (nSPS) is 10.1. The molecule has 0 aromatic rings. The molecule has 0 rings (SSSR count). The molecule has 0 aromatic carbocycles. The van der Waals surface area contributed by atoms with Gasteiger partial charge in [0.15, 0.2) is 0 Å². The molecule has 0 aliphatic carbocycles. The summed E-state index contributed by atoms with van der Waals surface area (Å²) in [5.74, 6) is -0.345. The predicted molar refractivity (Wildman–Crippen MR) is 60.8 cm³/mol. The molecule has 4 N–H and O–H groups in total. The van der Waals surface area contributed by atoms with Crippen molar-refractivity contribution in [1.29, 1.82) is 0 Å². The van der Waals surface area contributed by atoms with E-state index >= 15 is 0 Å². The second-order valence-electron chi connectivity index (χ2n) is 3.44. The molecule has 0 aliphatic heterocycles. The van der Waals surface area contributed by atoms with Gasteiger partial charge in [0.1, 0.15) is 0 Å². The van der Waals surface area contributed by atoms with Crippen LogP contribution in [0.15, 0.2) is 0 Å². The maximum absolute atomic E-state index is 11.2. The number of hydrogen-bond acceptors (Lipinski definition) is 4. The SMILES string of the molecule is COCCNCC(=O)NCCCCC(N)=O. The highest BCUT2D eigenvalue weighted by molar-refractivity contribution is 5.77. The summed E-state index contributed by atoms with van der Waals surface area (Å²) in [6, 6.07) is 0. The van der Waals surface area contributed by atoms with Gasteiger partial charge in [0.25, 0.3) is 0 Å². The van der Waals surface area contributed by atoms with Crippen LogP contribution in [0.3, 0.4) is 0 Å². The lowest BCUT2D eigenvalue weighted by Gasteiger charge is -2.05. The van der Waals surface area contributed by atoms with Crippen molar-refractivity contribution in [2.24, 2.45) is 5.73 Å². The van der Waals surface area contributed by atoms with Gasteiger partial charge in [0, 0.05) is 26.6 Å². The standard InChI is InChI=1S/C10H21N3O3/c1-16-7-6-12-8-10(15)13-5-3-2-4-9(11)14/h12H,2-8H2,1H3,(H2,11,14)(H,13,15). The van der Waals surface area contributed by atoms with E-state index in [2.05, 4.69) is 10.6 Å². The van der Waals surface area contributed by atoms with E-state index in [-0.39, 0.29) is 11.8 Å². The zero-order chi connectivity index (χ0) is 12.2. The van der Waals surface area contributed by atoms with Crippen LogP contribution in [0.1, 0.15) is 19.3 Å². The first kappa shape index (κ1) is 14.9. The monoisotopic (exact) mass is 231 g/mol. The van der Waals surface area contributed by atoms with Gasteiger partial charge < -0.3 is 21.1 Å². The zero-order valence-corrected chi connectivity index (χ0v) is 9.75. The lowest BCUT2D eigenvalue weighted by atomic mass is 10.2. The Kier molecular flexibility index (Phi) is 9.64. The van der Waals surface area contributed by atoms with Gasteiger partial charge in [0.2, 0.25) is 11.8 Å². The first-order valence-electron chi connectivity index (χ1n) is 5.41. The highest BCUT2D eigenvalue weighted by atomic mass is 16.5. The van der Waals surface area contributed by atoms with Crippen LogP contribution in [0.2, 0.25) is 0 Å². The summed E-state index contributed by atoms with van der Waals surface area (Å²) in [6.45, 7) is 2.12. The number of carbonyl (C=O) groups is 2. The number of rotatable bonds is 10. The van der Waals surface area contributed by atoms with E-state index in [1.807, 2.05) is 0 Å². The molecule has 16 heavy (non-hydrogen) atoms. The van der Waals surface area contributed by atoms with Crippen molar-refractivity contribution in [3.8, 4) is 0 Å². The van der Waals surface area contributed by atoms with E-state index in [1.54, 1.807) is 7.11 Å². The third-order valence-electron chi connectivity index (χ3n) is 1.94. The van der Waals surface area contributed by atoms with E-state index in [4.69, 9.17) is 10.5 Å². The Morgan fingerprint density at radius 3 is 2.62 bits per heavy atom. The van der Waals surface area contributed by atoms with Crippen molar-refractivity contribution < 1.29 is 14.3 Å². The third kappa shape index (κ3) is 10.9. The first-order chi connectivity index (χ1) is 7.66. The minimum Gasteiger partial charge on any atom is -0.383 e. The summed E-state index contributed by atoms with van der Waals surface area (Å²) in [4.78, 5) is 21.6. The largest absolute Gasteiger partial charge is 0.383 e. The van der Waals surface area contributed by atoms with Crippen LogP contribution < -0.4 is 16.4 Å². The fourth-order valence-electron chi connectivity index (χ4n) is 1.09. The lowest BCUT2D eigenvalue weighted by Crippen LogP contribution is -2.35. The van der Waals surface area contributed by atoms with Crippen molar-refractivity contribution in [1.82, 2.24) is 10.6 Å². The van der Waals surface area contributed by atoms with Crippen LogP contribution in [-0.4, -0.2) is 45.2 Å². The Labute approximate surface area is 95.9 Å². The predicted octanol–water partition coefficient (Wildman–Crippen LogP) is -1.01. The average molecular weight is 231 g/mol. The van der Waals surface area contributed by atoms with E-state index in [0.29, 0.717) is 39.1 Å². The fourth-order valence-corrected chi connectivity index (χ4v) is 1.09. The Morgan fingerprint density at radius 2 is 2.00 bits per heavy atom. The molecule has 0 aromatic heterocycles. The number of ether oxygens (including phenoxy) is 1. The molecule has 6 nitrogen and oxygen atoms in total. The van der Waals surface area contributed by atoms with Gasteiger partial charge >= 0.3 is 0 Å². The first-order valence-corrected chi connectivity index (χ1v) is 5.41. The fraction of sp³-hybridized carbons (Fsp3) is 0.800. The van der Waals surface area contributed by atoms with Gasteiger partial charge in [-0.3, -0.25) is 9.59 Å². The molecule has 94 valence electrons. The minimum atomic E-state index is -0.299. The summed E-state index contributed by atoms with van der Waals surface area (Å²) in [7, 11) is 1.61. The zero-order valence-electron chi connectivity index (χ0n) is 9.75. The molecule has 0 atom stereocenters. The van der Waals surface area contributed by atoms with Crippen molar-refractivity contribution in [3.63, 3.8) is 0 Å². The number of nitrogens with two attached hydrogens (primary N) is 1. The summed E-state index contributed by atoms with van der Waals surface area (Å²) in [5, 5.41) is 5.67. The van der Waals surface area contributed by atoms with Crippen molar-refractivity contribution in [2.45, 2.75) is 19.3 Å². The number of carbonyl (C=O) groups excluding carboxylic acids is 2. The number of primary amides is 1. The Bertz CT molecular complexity index is 209. The molecule has 0 aliphatic rings. The molecule has 6 heteroatoms. The molecule has 0 fully saturated rings. The molecule has 0 radical (unpaired) electrons. The lowest BCUT2D eigenvalue weighted by molar-refractivity contribution is -0.120. The number of amides is 2. The average Bonchev–Trinajstić information content (AvgIpc) is 2.23. The van der Waals surface area contributed by atoms with E-state index in [9.17, 15) is 9.59 Å². The molecular weight excluding hydrogens is 210 g/mol. The molecule has 0 heterocycles. The van der Waals surface area contributed by atoms with Crippen molar-refractivity contribution in [3.05, 3.63) is 0 Å². The Morgan fingerprint density at radius 1 is 1.25 bits per heavy atom. The molecule has 0 saturated heterocycles. The van der Waals surface area contributed by atoms with Gasteiger partial charge in [-0.15, -0.1) is 0 Å². The van der Waals surface area contributed by atoms with E-state index in [1.165, 1.54) is 0 Å². The van der Waals surface area contributed by atoms with Crippen LogP contribution in [0.25, 0.3) is 0 Å². The number of hydrogen-bond donors (Lipinski definition) is 3. The van der Waals surface area contributed by atoms with Gasteiger partial charge in [0.05, 0.1) is 13.2 Å². The van der Waals surface area contributed by atoms with Crippen LogP contribution in [0, 0.1) is 0 Å². The minimum absolute atomic E-state index is 0.0461. The maximum atomic E-state index is 11.2. The number of methoxy groups -OCH3 is 1. The van der Waals surface area contributed by atoms with Crippen LogP contribution in [0.4, 0.5) is 0 Å². The summed E-state index contributed by atoms with van der Waals surface area (Å²) >= 11 is 0. The second-order valence-corrected chi connectivity index (χ2v) is 3.44. The molecular formula is C10H21N3O3. The van der Waals surface area contributed by atoms with Crippen LogP contribution in [-0.2, 0) is 14.3 Å². The molecule has 0 unspecified atom stereocenters. The van der Waals surface area contributed by atoms with Gasteiger partial charge in [-0.05, 0) is 12.8 Å². The van der Waals surface area contributed by atoms with Crippen molar-refractivity contribution >= 4 is 11.8 Å². The van der Waals surface area contributed by atoms with Gasteiger partial charge in [-0.25, -0.2) is 0 Å². The highest BCUT2D eigenvalue weighted by Gasteiger charge is 1.99. The topological polar surface area (TPSA) is 93.4 Å². The van der Waals surface area contributed by atoms with Gasteiger partial charge in [-0.1, -0.05) is 0 Å². The van der Waals surface area contributed by atoms with Crippen LogP contribution in [0.5, 0.6) is 0 Å². The van der Waals surface area contributed by atoms with Gasteiger partial charge in [-0.2, -0.15) is 0 Å². The maximum Gasteiger partial charge on any atom is 0.233 e. The Balaban J connectivity index is 3.20. The summed E-state index contributed by atoms with van der Waals surface area (Å²) in [6.07, 6.45) is 1.86. The number of unbranched alkanes of at least 4 members (excludes halogenated alkanes) is 1. The molecule has 0 saturated carbocycles. The van der Waals surface area contributed by atoms with E-state index in [0.717, 1.165) is 6.42 Å². The molecule has 0 spiro atoms. The Hall–Kier alpha value is -1.14. The summed E-state index contributed by atoms with van der Waals surface area (Å²) in [5.41, 5.74) is 4.98. The third-order valence-corrected chi connectivity index (χ3v) is 1.94. The highest BCUT2D eigenvalue weighted by Crippen LogP contribution is 1.91. The second kappa shape index (κ2) is 10.4. The number of nitrogens with one attached hydrogen (secondary N) is 2. The molecule has 0 bridgehead atoms. The van der Waals surface area contributed by atoms with Crippen molar-refractivity contribution in [2.75, 3.05) is 33.4 Å². The van der Waals surface area contributed by atoms with Crippen LogP contribution >= 0.6 is 0 Å². The quantitative estimate of drug-likeness (QED) is 0.420.